The van der Waals surface area contributed by atoms with Crippen molar-refractivity contribution in [2.24, 2.45) is 0 Å². The summed E-state index contributed by atoms with van der Waals surface area (Å²) in [5.74, 6) is 0.538. The Morgan fingerprint density at radius 3 is 2.35 bits per heavy atom. The quantitative estimate of drug-likeness (QED) is 0.251. The lowest BCUT2D eigenvalue weighted by atomic mass is 10.0. The number of unbranched alkanes of at least 4 members (excludes halogenated alkanes) is 1. The van der Waals surface area contributed by atoms with Crippen LogP contribution in [0.1, 0.15) is 49.3 Å². The van der Waals surface area contributed by atoms with Gasteiger partial charge in [0.2, 0.25) is 11.8 Å². The fraction of sp³-hybridized carbons (Fsp3) is 0.355. The van der Waals surface area contributed by atoms with Crippen LogP contribution in [0.3, 0.4) is 0 Å². The zero-order valence-corrected chi connectivity index (χ0v) is 22.5. The van der Waals surface area contributed by atoms with Gasteiger partial charge in [-0.05, 0) is 49.1 Å². The fourth-order valence-corrected chi connectivity index (χ4v) is 4.26. The van der Waals surface area contributed by atoms with Crippen LogP contribution >= 0.6 is 11.6 Å². The molecular weight excluding hydrogens is 484 g/mol. The van der Waals surface area contributed by atoms with E-state index in [0.717, 1.165) is 29.7 Å². The van der Waals surface area contributed by atoms with Crippen molar-refractivity contribution in [3.05, 3.63) is 101 Å². The highest BCUT2D eigenvalue weighted by atomic mass is 35.5. The molecule has 1 unspecified atom stereocenters. The number of nitrogens with one attached hydrogen (secondary N) is 1. The molecule has 0 aromatic heterocycles. The predicted octanol–water partition coefficient (Wildman–Crippen LogP) is 6.36. The van der Waals surface area contributed by atoms with E-state index in [9.17, 15) is 9.59 Å². The minimum atomic E-state index is -0.652. The molecule has 3 rings (SSSR count). The van der Waals surface area contributed by atoms with Gasteiger partial charge in [0.25, 0.3) is 0 Å². The number of carbonyl (C=O) groups excluding carboxylic acids is 2. The van der Waals surface area contributed by atoms with Crippen LogP contribution in [0.5, 0.6) is 5.75 Å². The molecule has 0 radical (unpaired) electrons. The lowest BCUT2D eigenvalue weighted by molar-refractivity contribution is -0.141. The molecule has 0 aliphatic rings. The zero-order valence-electron chi connectivity index (χ0n) is 21.8. The number of hydrogen-bond donors (Lipinski definition) is 1. The van der Waals surface area contributed by atoms with Gasteiger partial charge in [-0.3, -0.25) is 9.59 Å². The topological polar surface area (TPSA) is 58.6 Å². The summed E-state index contributed by atoms with van der Waals surface area (Å²) in [6.07, 6.45) is 3.10. The third-order valence-electron chi connectivity index (χ3n) is 6.22. The second kappa shape index (κ2) is 15.1. The van der Waals surface area contributed by atoms with E-state index < -0.39 is 6.04 Å². The van der Waals surface area contributed by atoms with Gasteiger partial charge in [-0.15, -0.1) is 0 Å². The van der Waals surface area contributed by atoms with Crippen molar-refractivity contribution in [2.45, 2.75) is 58.5 Å². The lowest BCUT2D eigenvalue weighted by Crippen LogP contribution is -2.50. The number of carbonyl (C=O) groups is 2. The molecule has 0 fully saturated rings. The third kappa shape index (κ3) is 9.25. The maximum Gasteiger partial charge on any atom is 0.243 e. The second-order valence-corrected chi connectivity index (χ2v) is 9.64. The predicted molar refractivity (Wildman–Crippen MR) is 150 cm³/mol. The van der Waals surface area contributed by atoms with Crippen LogP contribution in [-0.4, -0.2) is 35.9 Å². The van der Waals surface area contributed by atoms with Crippen molar-refractivity contribution in [2.75, 3.05) is 13.2 Å². The van der Waals surface area contributed by atoms with Crippen molar-refractivity contribution in [1.82, 2.24) is 10.2 Å². The average molecular weight is 521 g/mol. The summed E-state index contributed by atoms with van der Waals surface area (Å²) in [4.78, 5) is 28.7. The van der Waals surface area contributed by atoms with Crippen molar-refractivity contribution >= 4 is 23.4 Å². The monoisotopic (exact) mass is 520 g/mol. The van der Waals surface area contributed by atoms with Crippen LogP contribution in [0.2, 0.25) is 5.02 Å². The molecule has 0 aliphatic carbocycles. The van der Waals surface area contributed by atoms with E-state index in [0.29, 0.717) is 31.0 Å². The average Bonchev–Trinajstić information content (AvgIpc) is 2.91. The summed E-state index contributed by atoms with van der Waals surface area (Å²) in [6.45, 7) is 5.37. The van der Waals surface area contributed by atoms with Gasteiger partial charge in [0, 0.05) is 31.0 Å². The Kier molecular flexibility index (Phi) is 11.5. The summed E-state index contributed by atoms with van der Waals surface area (Å²) in [5, 5.41) is 3.62. The van der Waals surface area contributed by atoms with Crippen LogP contribution in [0.4, 0.5) is 0 Å². The molecule has 196 valence electrons. The van der Waals surface area contributed by atoms with E-state index >= 15 is 0 Å². The van der Waals surface area contributed by atoms with E-state index in [4.69, 9.17) is 16.3 Å². The van der Waals surface area contributed by atoms with E-state index in [1.54, 1.807) is 4.90 Å². The molecule has 37 heavy (non-hydrogen) atoms. The zero-order chi connectivity index (χ0) is 26.5. The number of amides is 2. The Bertz CT molecular complexity index is 1120. The highest BCUT2D eigenvalue weighted by molar-refractivity contribution is 6.31. The Balaban J connectivity index is 1.78. The minimum Gasteiger partial charge on any atom is -0.494 e. The second-order valence-electron chi connectivity index (χ2n) is 9.23. The van der Waals surface area contributed by atoms with Crippen molar-refractivity contribution in [3.63, 3.8) is 0 Å². The van der Waals surface area contributed by atoms with E-state index in [1.807, 2.05) is 85.8 Å². The Labute approximate surface area is 225 Å². The molecule has 6 heteroatoms. The fourth-order valence-electron chi connectivity index (χ4n) is 4.06. The molecule has 2 amide bonds. The molecule has 0 saturated carbocycles. The summed E-state index contributed by atoms with van der Waals surface area (Å²) in [7, 11) is 0. The first kappa shape index (κ1) is 28.3. The summed E-state index contributed by atoms with van der Waals surface area (Å²) in [6, 6.07) is 24.5. The summed E-state index contributed by atoms with van der Waals surface area (Å²) < 4.78 is 5.83. The van der Waals surface area contributed by atoms with E-state index in [2.05, 4.69) is 12.2 Å². The minimum absolute atomic E-state index is 0.0981. The Morgan fingerprint density at radius 1 is 0.946 bits per heavy atom. The highest BCUT2D eigenvalue weighted by Gasteiger charge is 2.30. The molecule has 0 bridgehead atoms. The Morgan fingerprint density at radius 2 is 1.65 bits per heavy atom. The Hall–Kier alpha value is -3.31. The number of hydrogen-bond acceptors (Lipinski definition) is 3. The maximum atomic E-state index is 13.6. The molecule has 0 heterocycles. The van der Waals surface area contributed by atoms with Crippen molar-refractivity contribution < 1.29 is 14.3 Å². The number of nitrogens with zero attached hydrogens (tertiary/aromatic N) is 1. The summed E-state index contributed by atoms with van der Waals surface area (Å²) >= 11 is 6.47. The van der Waals surface area contributed by atoms with Crippen LogP contribution in [0, 0.1) is 6.92 Å². The molecule has 0 spiro atoms. The molecule has 5 nitrogen and oxygen atoms in total. The molecular formula is C31H37ClN2O3. The molecule has 3 aromatic carbocycles. The van der Waals surface area contributed by atoms with Crippen LogP contribution < -0.4 is 10.1 Å². The van der Waals surface area contributed by atoms with Gasteiger partial charge in [0.05, 0.1) is 6.61 Å². The number of benzene rings is 3. The number of halogens is 1. The first-order chi connectivity index (χ1) is 18.0. The third-order valence-corrected chi connectivity index (χ3v) is 6.59. The molecule has 1 atom stereocenters. The molecule has 0 saturated heterocycles. The van der Waals surface area contributed by atoms with Crippen molar-refractivity contribution in [3.8, 4) is 5.75 Å². The normalized spacial score (nSPS) is 11.5. The SMILES string of the molecule is CCCCNC(=O)C(Cc1ccccc1)N(Cc1ccccc1Cl)C(=O)CCCOc1ccc(C)cc1. The molecule has 1 N–H and O–H groups in total. The number of ether oxygens (including phenoxy) is 1. The van der Waals surface area contributed by atoms with Gasteiger partial charge in [0.1, 0.15) is 11.8 Å². The summed E-state index contributed by atoms with van der Waals surface area (Å²) in [5.41, 5.74) is 2.98. The standard InChI is InChI=1S/C31H37ClN2O3/c1-3-4-20-33-31(36)29(22-25-11-6-5-7-12-25)34(23-26-13-8-9-14-28(26)32)30(35)15-10-21-37-27-18-16-24(2)17-19-27/h5-9,11-14,16-19,29H,3-4,10,15,20-23H2,1-2H3,(H,33,36). The van der Waals surface area contributed by atoms with Gasteiger partial charge in [-0.25, -0.2) is 0 Å². The van der Waals surface area contributed by atoms with Gasteiger partial charge >= 0.3 is 0 Å². The van der Waals surface area contributed by atoms with Gasteiger partial charge < -0.3 is 15.0 Å². The van der Waals surface area contributed by atoms with Crippen LogP contribution in [-0.2, 0) is 22.6 Å². The first-order valence-corrected chi connectivity index (χ1v) is 13.4. The van der Waals surface area contributed by atoms with Gasteiger partial charge in [-0.2, -0.15) is 0 Å². The molecule has 3 aromatic rings. The van der Waals surface area contributed by atoms with Crippen LogP contribution in [0.25, 0.3) is 0 Å². The lowest BCUT2D eigenvalue weighted by Gasteiger charge is -2.32. The van der Waals surface area contributed by atoms with Crippen LogP contribution in [0.15, 0.2) is 78.9 Å². The van der Waals surface area contributed by atoms with E-state index in [-0.39, 0.29) is 24.8 Å². The molecule has 0 aliphatic heterocycles. The largest absolute Gasteiger partial charge is 0.494 e. The van der Waals surface area contributed by atoms with E-state index in [1.165, 1.54) is 5.56 Å². The smallest absolute Gasteiger partial charge is 0.243 e. The number of aryl methyl sites for hydroxylation is 1. The number of rotatable bonds is 14. The highest BCUT2D eigenvalue weighted by Crippen LogP contribution is 2.21. The first-order valence-electron chi connectivity index (χ1n) is 13.0. The van der Waals surface area contributed by atoms with Crippen molar-refractivity contribution in [1.29, 1.82) is 0 Å². The maximum absolute atomic E-state index is 13.6. The van der Waals surface area contributed by atoms with Gasteiger partial charge in [0.15, 0.2) is 0 Å². The van der Waals surface area contributed by atoms with Gasteiger partial charge in [-0.1, -0.05) is 91.2 Å².